The summed E-state index contributed by atoms with van der Waals surface area (Å²) >= 11 is 2.88. The fraction of sp³-hybridized carbons (Fsp3) is 0.467. The zero-order valence-electron chi connectivity index (χ0n) is 37.5. The fourth-order valence-corrected chi connectivity index (χ4v) is 8.34. The van der Waals surface area contributed by atoms with E-state index in [0.717, 1.165) is 38.3 Å². The van der Waals surface area contributed by atoms with Gasteiger partial charge in [0.1, 0.15) is 18.7 Å². The molecule has 1 aliphatic rings. The van der Waals surface area contributed by atoms with Crippen LogP contribution in [0.25, 0.3) is 21.3 Å². The Bertz CT molecular complexity index is 2400. The monoisotopic (exact) mass is 931 g/mol. The van der Waals surface area contributed by atoms with E-state index in [1.54, 1.807) is 18.3 Å². The van der Waals surface area contributed by atoms with E-state index >= 15 is 0 Å². The SMILES string of the molecule is CCOC(=O)c1nnc(SC)nc1Nc1cccc2c1ccn2CCOCCOCCOCC(=O)N[C@H](C(=O)N1C[C@H](O)C[C@H]1C(=O)NCc1ccc(-c2scnc2C)cc1)C(C)(C)C. The molecule has 1 fully saturated rings. The summed E-state index contributed by atoms with van der Waals surface area (Å²) in [5, 5.41) is 28.9. The summed E-state index contributed by atoms with van der Waals surface area (Å²) < 4.78 is 24.2. The Morgan fingerprint density at radius 2 is 1.72 bits per heavy atom. The van der Waals surface area contributed by atoms with Gasteiger partial charge in [0.15, 0.2) is 5.82 Å². The number of ether oxygens (including phenoxy) is 4. The van der Waals surface area contributed by atoms with Gasteiger partial charge in [-0.2, -0.15) is 0 Å². The number of rotatable bonds is 22. The lowest BCUT2D eigenvalue weighted by atomic mass is 9.85. The Balaban J connectivity index is 0.890. The third-order valence-electron chi connectivity index (χ3n) is 10.6. The first-order chi connectivity index (χ1) is 31.3. The number of esters is 1. The molecule has 3 aromatic heterocycles. The summed E-state index contributed by atoms with van der Waals surface area (Å²) in [6, 6.07) is 13.8. The van der Waals surface area contributed by atoms with Crippen LogP contribution in [0.1, 0.15) is 55.9 Å². The van der Waals surface area contributed by atoms with E-state index in [0.29, 0.717) is 31.5 Å². The Morgan fingerprint density at radius 1 is 0.985 bits per heavy atom. The maximum atomic E-state index is 13.9. The smallest absolute Gasteiger partial charge is 0.362 e. The van der Waals surface area contributed by atoms with Crippen LogP contribution in [0.2, 0.25) is 0 Å². The molecule has 1 saturated heterocycles. The van der Waals surface area contributed by atoms with Gasteiger partial charge in [0.25, 0.3) is 0 Å². The van der Waals surface area contributed by atoms with E-state index in [1.807, 2.05) is 94.2 Å². The molecule has 0 spiro atoms. The minimum absolute atomic E-state index is 0.00261. The summed E-state index contributed by atoms with van der Waals surface area (Å²) in [7, 11) is 0. The number of aliphatic hydroxyl groups is 1. The Kier molecular flexibility index (Phi) is 17.4. The summed E-state index contributed by atoms with van der Waals surface area (Å²) in [6.45, 7) is 11.4. The predicted octanol–water partition coefficient (Wildman–Crippen LogP) is 4.76. The summed E-state index contributed by atoms with van der Waals surface area (Å²) in [5.41, 5.74) is 5.70. The molecule has 18 nitrogen and oxygen atoms in total. The number of anilines is 2. The lowest BCUT2D eigenvalue weighted by molar-refractivity contribution is -0.144. The highest BCUT2D eigenvalue weighted by molar-refractivity contribution is 7.98. The second kappa shape index (κ2) is 23.1. The fourth-order valence-electron chi connectivity index (χ4n) is 7.23. The minimum Gasteiger partial charge on any atom is -0.461 e. The molecule has 20 heteroatoms. The summed E-state index contributed by atoms with van der Waals surface area (Å²) in [4.78, 5) is 64.1. The number of hydrogen-bond acceptors (Lipinski definition) is 16. The lowest BCUT2D eigenvalue weighted by Gasteiger charge is -2.35. The molecule has 5 aromatic rings. The van der Waals surface area contributed by atoms with Crippen LogP contribution in [0.4, 0.5) is 11.5 Å². The Morgan fingerprint density at radius 3 is 2.42 bits per heavy atom. The summed E-state index contributed by atoms with van der Waals surface area (Å²) in [5.74, 6) is -1.67. The van der Waals surface area contributed by atoms with Gasteiger partial charge >= 0.3 is 5.97 Å². The average Bonchev–Trinajstić information content (AvgIpc) is 4.03. The van der Waals surface area contributed by atoms with Gasteiger partial charge in [-0.05, 0) is 54.8 Å². The highest BCUT2D eigenvalue weighted by Crippen LogP contribution is 2.30. The van der Waals surface area contributed by atoms with Crippen molar-refractivity contribution in [1.29, 1.82) is 0 Å². The maximum absolute atomic E-state index is 13.9. The Labute approximate surface area is 386 Å². The number of nitrogens with one attached hydrogen (secondary N) is 3. The molecule has 4 N–H and O–H groups in total. The zero-order chi connectivity index (χ0) is 46.5. The molecule has 3 amide bonds. The van der Waals surface area contributed by atoms with Gasteiger partial charge in [-0.1, -0.05) is 62.9 Å². The molecular weight excluding hydrogens is 875 g/mol. The van der Waals surface area contributed by atoms with Crippen LogP contribution in [0.3, 0.4) is 0 Å². The van der Waals surface area contributed by atoms with E-state index in [4.69, 9.17) is 18.9 Å². The number of hydrogen-bond donors (Lipinski definition) is 4. The van der Waals surface area contributed by atoms with Gasteiger partial charge in [0.2, 0.25) is 28.6 Å². The third kappa shape index (κ3) is 13.1. The summed E-state index contributed by atoms with van der Waals surface area (Å²) in [6.07, 6.45) is 3.00. The van der Waals surface area contributed by atoms with Crippen molar-refractivity contribution in [1.82, 2.24) is 40.3 Å². The van der Waals surface area contributed by atoms with Gasteiger partial charge < -0.3 is 49.5 Å². The van der Waals surface area contributed by atoms with Crippen molar-refractivity contribution >= 4 is 69.2 Å². The molecule has 0 saturated carbocycles. The van der Waals surface area contributed by atoms with Gasteiger partial charge in [-0.15, -0.1) is 21.5 Å². The van der Waals surface area contributed by atoms with Crippen LogP contribution >= 0.6 is 23.1 Å². The Hall–Kier alpha value is -5.51. The van der Waals surface area contributed by atoms with Gasteiger partial charge in [-0.25, -0.2) is 14.8 Å². The number of aromatic nitrogens is 5. The number of fused-ring (bicyclic) bond motifs is 1. The van der Waals surface area contributed by atoms with Crippen LogP contribution in [0.15, 0.2) is 65.4 Å². The van der Waals surface area contributed by atoms with Crippen LogP contribution in [0.5, 0.6) is 0 Å². The second-order valence-corrected chi connectivity index (χ2v) is 17.9. The molecule has 0 bridgehead atoms. The van der Waals surface area contributed by atoms with E-state index in [9.17, 15) is 24.3 Å². The molecule has 65 heavy (non-hydrogen) atoms. The van der Waals surface area contributed by atoms with E-state index in [2.05, 4.69) is 40.7 Å². The van der Waals surface area contributed by atoms with Crippen LogP contribution in [0, 0.1) is 12.3 Å². The average molecular weight is 932 g/mol. The number of β-amino-alcohol motifs (C(OH)–C–C–N with tert-alkyl or cyclic N) is 1. The van der Waals surface area contributed by atoms with E-state index in [1.165, 1.54) is 16.7 Å². The number of likely N-dealkylation sites (tertiary alicyclic amines) is 1. The predicted molar refractivity (Wildman–Crippen MR) is 247 cm³/mol. The van der Waals surface area contributed by atoms with Crippen molar-refractivity contribution in [2.45, 2.75) is 77.5 Å². The maximum Gasteiger partial charge on any atom is 0.362 e. The molecule has 0 unspecified atom stereocenters. The number of carbonyl (C=O) groups is 4. The molecule has 6 rings (SSSR count). The highest BCUT2D eigenvalue weighted by Gasteiger charge is 2.44. The number of aliphatic hydroxyl groups excluding tert-OH is 1. The van der Waals surface area contributed by atoms with Crippen molar-refractivity contribution in [3.63, 3.8) is 0 Å². The normalized spacial score (nSPS) is 15.5. The topological polar surface area (TPSA) is 221 Å². The molecule has 4 heterocycles. The van der Waals surface area contributed by atoms with Gasteiger partial charge in [0.05, 0.1) is 67.3 Å². The van der Waals surface area contributed by atoms with Crippen molar-refractivity contribution in [2.24, 2.45) is 5.41 Å². The quantitative estimate of drug-likeness (QED) is 0.0418. The largest absolute Gasteiger partial charge is 0.461 e. The lowest BCUT2D eigenvalue weighted by Crippen LogP contribution is -2.58. The molecule has 0 aliphatic carbocycles. The van der Waals surface area contributed by atoms with Crippen LogP contribution in [-0.4, -0.2) is 136 Å². The number of nitrogens with zero attached hydrogens (tertiary/aromatic N) is 6. The van der Waals surface area contributed by atoms with Crippen molar-refractivity contribution < 1.29 is 43.2 Å². The number of thioether (sulfide) groups is 1. The molecule has 1 aliphatic heterocycles. The number of aryl methyl sites for hydroxylation is 1. The molecular formula is C45H57N9O9S2. The number of benzene rings is 2. The molecule has 3 atom stereocenters. The van der Waals surface area contributed by atoms with E-state index < -0.39 is 41.4 Å². The highest BCUT2D eigenvalue weighted by atomic mass is 32.2. The first-order valence-electron chi connectivity index (χ1n) is 21.4. The third-order valence-corrected chi connectivity index (χ3v) is 12.1. The minimum atomic E-state index is -0.972. The van der Waals surface area contributed by atoms with Gasteiger partial charge in [0, 0.05) is 43.3 Å². The molecule has 0 radical (unpaired) electrons. The van der Waals surface area contributed by atoms with Gasteiger partial charge in [-0.3, -0.25) is 14.4 Å². The van der Waals surface area contributed by atoms with Crippen LogP contribution < -0.4 is 16.0 Å². The standard InChI is InChI=1S/C45H57N9O9S2/c1-7-63-43(59)37-40(50-44(64-6)52-51-37)48-33-9-8-10-34-32(33)15-16-53(34)17-18-60-19-20-61-21-22-62-26-36(56)49-39(45(3,4)5)42(58)54-25-31(55)23-35(54)41(57)46-24-29-11-13-30(14-12-29)38-28(2)47-27-65-38/h8-16,27,31,35,39,55H,7,17-26H2,1-6H3,(H,46,57)(H,49,56)(H,48,50,52)/t31-,35+,39-/m1/s1. The first kappa shape index (κ1) is 48.9. The van der Waals surface area contributed by atoms with Crippen molar-refractivity contribution in [3.05, 3.63) is 77.2 Å². The number of carbonyl (C=O) groups excluding carboxylic acids is 4. The first-order valence-corrected chi connectivity index (χ1v) is 23.5. The molecule has 2 aromatic carbocycles. The van der Waals surface area contributed by atoms with Crippen LogP contribution in [-0.2, 0) is 46.4 Å². The van der Waals surface area contributed by atoms with E-state index in [-0.39, 0.29) is 63.4 Å². The van der Waals surface area contributed by atoms with Crippen molar-refractivity contribution in [3.8, 4) is 10.4 Å². The number of thiazole rings is 1. The molecule has 348 valence electrons. The zero-order valence-corrected chi connectivity index (χ0v) is 39.1. The second-order valence-electron chi connectivity index (χ2n) is 16.3. The number of amides is 3. The van der Waals surface area contributed by atoms with Crippen molar-refractivity contribution in [2.75, 3.05) is 64.4 Å².